The Bertz CT molecular complexity index is 347. The van der Waals surface area contributed by atoms with Crippen LogP contribution in [0.1, 0.15) is 0 Å². The van der Waals surface area contributed by atoms with Crippen molar-refractivity contribution in [1.82, 2.24) is 0 Å². The van der Waals surface area contributed by atoms with Crippen molar-refractivity contribution in [1.29, 1.82) is 0 Å². The van der Waals surface area contributed by atoms with Crippen LogP contribution in [-0.4, -0.2) is 9.48 Å². The van der Waals surface area contributed by atoms with Crippen LogP contribution in [0.5, 0.6) is 0 Å². The highest BCUT2D eigenvalue weighted by molar-refractivity contribution is 9.10. The number of hydrogen-bond acceptors (Lipinski definition) is 3. The van der Waals surface area contributed by atoms with Crippen LogP contribution in [0.2, 0.25) is 0 Å². The molecule has 13 heavy (non-hydrogen) atoms. The first-order valence-corrected chi connectivity index (χ1v) is 5.81. The molecule has 4 nitrogen and oxygen atoms in total. The highest BCUT2D eigenvalue weighted by Crippen LogP contribution is 2.28. The van der Waals surface area contributed by atoms with E-state index >= 15 is 0 Å². The van der Waals surface area contributed by atoms with Gasteiger partial charge in [-0.2, -0.15) is 0 Å². The molecule has 0 aliphatic carbocycles. The molecule has 1 unspecified atom stereocenters. The van der Waals surface area contributed by atoms with E-state index in [4.69, 9.17) is 10.7 Å². The molecule has 0 amide bonds. The number of nitro groups is 1. The van der Waals surface area contributed by atoms with E-state index in [9.17, 15) is 14.7 Å². The summed E-state index contributed by atoms with van der Waals surface area (Å²) >= 11 is 3.08. The molecule has 0 radical (unpaired) electrons. The molecule has 0 bridgehead atoms. The summed E-state index contributed by atoms with van der Waals surface area (Å²) in [6.07, 6.45) is 0. The van der Waals surface area contributed by atoms with Gasteiger partial charge in [-0.05, 0) is 22.0 Å². The number of benzene rings is 1. The van der Waals surface area contributed by atoms with Crippen molar-refractivity contribution < 1.29 is 9.48 Å². The van der Waals surface area contributed by atoms with Crippen LogP contribution >= 0.6 is 26.6 Å². The van der Waals surface area contributed by atoms with Crippen molar-refractivity contribution in [2.45, 2.75) is 4.90 Å². The summed E-state index contributed by atoms with van der Waals surface area (Å²) in [5.41, 5.74) is -0.132. The van der Waals surface area contributed by atoms with Gasteiger partial charge in [-0.25, -0.2) is 0 Å². The van der Waals surface area contributed by atoms with Crippen LogP contribution in [0.3, 0.4) is 0 Å². The van der Waals surface area contributed by atoms with Gasteiger partial charge in [0.15, 0.2) is 15.6 Å². The Morgan fingerprint density at radius 1 is 1.54 bits per heavy atom. The zero-order valence-corrected chi connectivity index (χ0v) is 9.23. The van der Waals surface area contributed by atoms with Crippen LogP contribution < -0.4 is 0 Å². The number of nitrogens with zero attached hydrogens (tertiary/aromatic N) is 1. The third kappa shape index (κ3) is 2.57. The van der Waals surface area contributed by atoms with Crippen LogP contribution in [0, 0.1) is 10.1 Å². The van der Waals surface area contributed by atoms with Gasteiger partial charge in [0.2, 0.25) is 0 Å². The normalized spacial score (nSPS) is 12.5. The number of halogens is 2. The summed E-state index contributed by atoms with van der Waals surface area (Å²) in [6, 6.07) is 3.91. The highest BCUT2D eigenvalue weighted by atomic mass is 79.9. The van der Waals surface area contributed by atoms with E-state index in [1.165, 1.54) is 18.2 Å². The predicted molar refractivity (Wildman–Crippen MR) is 53.1 cm³/mol. The van der Waals surface area contributed by atoms with Crippen molar-refractivity contribution in [3.8, 4) is 0 Å². The summed E-state index contributed by atoms with van der Waals surface area (Å²) in [7, 11) is 3.56. The largest absolute Gasteiger partial charge is 0.594 e. The molecule has 0 heterocycles. The van der Waals surface area contributed by atoms with Gasteiger partial charge in [-0.3, -0.25) is 10.1 Å². The first kappa shape index (κ1) is 10.8. The second-order valence-electron chi connectivity index (χ2n) is 2.10. The van der Waals surface area contributed by atoms with Gasteiger partial charge < -0.3 is 4.55 Å². The van der Waals surface area contributed by atoms with Crippen LogP contribution in [0.25, 0.3) is 0 Å². The molecule has 1 aromatic carbocycles. The van der Waals surface area contributed by atoms with Crippen LogP contribution in [-0.2, 0) is 10.4 Å². The number of hydrogen-bond donors (Lipinski definition) is 0. The van der Waals surface area contributed by atoms with E-state index in [0.29, 0.717) is 4.47 Å². The number of rotatable bonds is 2. The lowest BCUT2D eigenvalue weighted by Gasteiger charge is -2.01. The average molecular weight is 285 g/mol. The quantitative estimate of drug-likeness (QED) is 0.476. The Labute approximate surface area is 89.9 Å². The molecule has 0 aliphatic heterocycles. The lowest BCUT2D eigenvalue weighted by atomic mass is 10.3. The Morgan fingerprint density at radius 2 is 2.15 bits per heavy atom. The van der Waals surface area contributed by atoms with Gasteiger partial charge in [-0.15, -0.1) is 0 Å². The first-order chi connectivity index (χ1) is 6.02. The average Bonchev–Trinajstić information content (AvgIpc) is 2.04. The van der Waals surface area contributed by atoms with Gasteiger partial charge in [0.1, 0.15) is 10.4 Å². The third-order valence-electron chi connectivity index (χ3n) is 1.30. The Balaban J connectivity index is 3.19. The van der Waals surface area contributed by atoms with Gasteiger partial charge in [0.05, 0.1) is 15.5 Å². The summed E-state index contributed by atoms with van der Waals surface area (Å²) in [6.45, 7) is 0. The second kappa shape index (κ2) is 4.28. The second-order valence-corrected chi connectivity index (χ2v) is 4.68. The zero-order chi connectivity index (χ0) is 10.0. The first-order valence-electron chi connectivity index (χ1n) is 3.04. The molecule has 0 aromatic heterocycles. The third-order valence-corrected chi connectivity index (χ3v) is 3.43. The molecular weight excluding hydrogens is 281 g/mol. The highest BCUT2D eigenvalue weighted by Gasteiger charge is 2.18. The van der Waals surface area contributed by atoms with Gasteiger partial charge >= 0.3 is 0 Å². The van der Waals surface area contributed by atoms with Crippen molar-refractivity contribution in [2.75, 3.05) is 0 Å². The van der Waals surface area contributed by atoms with E-state index in [2.05, 4.69) is 15.9 Å². The molecule has 0 saturated carbocycles. The molecule has 1 rings (SSSR count). The van der Waals surface area contributed by atoms with Crippen molar-refractivity contribution in [3.05, 3.63) is 32.8 Å². The van der Waals surface area contributed by atoms with Crippen molar-refractivity contribution in [2.24, 2.45) is 0 Å². The summed E-state index contributed by atoms with van der Waals surface area (Å²) < 4.78 is 11.4. The summed E-state index contributed by atoms with van der Waals surface area (Å²) in [4.78, 5) is 9.97. The fraction of sp³-hybridized carbons (Fsp3) is 0. The number of nitro benzene ring substituents is 1. The minimum atomic E-state index is -1.75. The molecule has 1 aromatic rings. The van der Waals surface area contributed by atoms with E-state index in [1.807, 2.05) is 0 Å². The van der Waals surface area contributed by atoms with E-state index in [-0.39, 0.29) is 10.6 Å². The molecule has 0 saturated heterocycles. The smallest absolute Gasteiger partial charge is 0.274 e. The maximum atomic E-state index is 10.9. The minimum absolute atomic E-state index is 0.132. The fourth-order valence-electron chi connectivity index (χ4n) is 0.729. The monoisotopic (exact) mass is 283 g/mol. The van der Waals surface area contributed by atoms with Gasteiger partial charge in [0.25, 0.3) is 5.69 Å². The van der Waals surface area contributed by atoms with Gasteiger partial charge in [0, 0.05) is 6.07 Å². The molecule has 70 valence electrons. The van der Waals surface area contributed by atoms with Crippen LogP contribution in [0.4, 0.5) is 5.69 Å². The Kier molecular flexibility index (Phi) is 3.55. The summed E-state index contributed by atoms with van der Waals surface area (Å²) in [5, 5.41) is 10.3. The van der Waals surface area contributed by atoms with Gasteiger partial charge in [-0.1, -0.05) is 0 Å². The van der Waals surface area contributed by atoms with Crippen LogP contribution in [0.15, 0.2) is 27.6 Å². The molecule has 0 fully saturated rings. The molecule has 0 spiro atoms. The topological polar surface area (TPSA) is 66.2 Å². The fourth-order valence-corrected chi connectivity index (χ4v) is 2.51. The number of non-ortho nitro benzene ring substituents is 1. The van der Waals surface area contributed by atoms with Crippen molar-refractivity contribution in [3.63, 3.8) is 0 Å². The Hall–Kier alpha value is -0.300. The molecule has 7 heteroatoms. The van der Waals surface area contributed by atoms with E-state index in [1.54, 1.807) is 0 Å². The standard InChI is InChI=1S/C6H3BrClNO3S/c7-5-2-1-4(9(10)11)3-6(5)13(8)12/h1-3H. The minimum Gasteiger partial charge on any atom is -0.594 e. The Morgan fingerprint density at radius 3 is 2.62 bits per heavy atom. The SMILES string of the molecule is O=[N+]([O-])c1ccc(Br)c([S+]([O-])Cl)c1. The zero-order valence-electron chi connectivity index (χ0n) is 6.07. The maximum Gasteiger partial charge on any atom is 0.274 e. The molecule has 1 atom stereocenters. The molecular formula is C6H3BrClNO3S. The predicted octanol–water partition coefficient (Wildman–Crippen LogP) is 2.62. The maximum absolute atomic E-state index is 10.9. The van der Waals surface area contributed by atoms with Crippen molar-refractivity contribution >= 4 is 42.7 Å². The van der Waals surface area contributed by atoms with E-state index in [0.717, 1.165) is 0 Å². The molecule has 0 aliphatic rings. The van der Waals surface area contributed by atoms with E-state index < -0.39 is 15.3 Å². The lowest BCUT2D eigenvalue weighted by molar-refractivity contribution is -0.385. The molecule has 0 N–H and O–H groups in total. The lowest BCUT2D eigenvalue weighted by Crippen LogP contribution is -1.95. The summed E-state index contributed by atoms with van der Waals surface area (Å²) in [5.74, 6) is 0.